The van der Waals surface area contributed by atoms with E-state index in [1.807, 2.05) is 18.7 Å². The fourth-order valence-electron chi connectivity index (χ4n) is 3.72. The van der Waals surface area contributed by atoms with Gasteiger partial charge in [0.15, 0.2) is 0 Å². The van der Waals surface area contributed by atoms with Crippen LogP contribution >= 0.6 is 23.1 Å². The summed E-state index contributed by atoms with van der Waals surface area (Å²) in [6, 6.07) is 9.63. The van der Waals surface area contributed by atoms with E-state index >= 15 is 0 Å². The number of nitrogens with one attached hydrogen (secondary N) is 1. The van der Waals surface area contributed by atoms with E-state index in [1.165, 1.54) is 28.5 Å². The zero-order valence-corrected chi connectivity index (χ0v) is 20.7. The first kappa shape index (κ1) is 25.1. The second-order valence-electron chi connectivity index (χ2n) is 8.17. The van der Waals surface area contributed by atoms with Crippen molar-refractivity contribution >= 4 is 46.1 Å². The zero-order chi connectivity index (χ0) is 24.9. The van der Waals surface area contributed by atoms with Crippen LogP contribution in [0, 0.1) is 6.92 Å². The number of thiazole rings is 1. The summed E-state index contributed by atoms with van der Waals surface area (Å²) < 4.78 is 27.0. The molecule has 0 spiro atoms. The Hall–Kier alpha value is -2.99. The van der Waals surface area contributed by atoms with Crippen molar-refractivity contribution < 1.29 is 13.6 Å². The smallest absolute Gasteiger partial charge is 0.263 e. The van der Waals surface area contributed by atoms with E-state index < -0.39 is 12.3 Å². The quantitative estimate of drug-likeness (QED) is 0.292. The van der Waals surface area contributed by atoms with Crippen molar-refractivity contribution in [2.75, 3.05) is 28.5 Å². The van der Waals surface area contributed by atoms with Gasteiger partial charge in [-0.1, -0.05) is 6.07 Å². The molecule has 35 heavy (non-hydrogen) atoms. The molecule has 2 aromatic carbocycles. The number of halogens is 2. The fraction of sp³-hybridized carbons (Fsp3) is 0.250. The highest BCUT2D eigenvalue weighted by molar-refractivity contribution is 7.99. The average Bonchev–Trinajstić information content (AvgIpc) is 3.53. The van der Waals surface area contributed by atoms with Gasteiger partial charge in [-0.25, -0.2) is 14.6 Å². The van der Waals surface area contributed by atoms with Crippen LogP contribution in [-0.2, 0) is 6.54 Å². The summed E-state index contributed by atoms with van der Waals surface area (Å²) in [6.45, 7) is 3.33. The maximum Gasteiger partial charge on any atom is 0.263 e. The molecular weight excluding hydrogens is 490 g/mol. The van der Waals surface area contributed by atoms with Crippen molar-refractivity contribution in [3.63, 3.8) is 0 Å². The third kappa shape index (κ3) is 6.37. The predicted molar refractivity (Wildman–Crippen MR) is 139 cm³/mol. The van der Waals surface area contributed by atoms with Gasteiger partial charge in [0.1, 0.15) is 0 Å². The third-order valence-corrected chi connectivity index (χ3v) is 7.34. The van der Waals surface area contributed by atoms with Crippen LogP contribution in [-0.4, -0.2) is 34.0 Å². The van der Waals surface area contributed by atoms with Crippen LogP contribution in [0.3, 0.4) is 0 Å². The van der Waals surface area contributed by atoms with E-state index in [2.05, 4.69) is 15.2 Å². The van der Waals surface area contributed by atoms with Gasteiger partial charge >= 0.3 is 0 Å². The van der Waals surface area contributed by atoms with Crippen molar-refractivity contribution in [3.8, 4) is 0 Å². The van der Waals surface area contributed by atoms with Crippen LogP contribution in [0.15, 0.2) is 54.3 Å². The van der Waals surface area contributed by atoms with E-state index in [-0.39, 0.29) is 5.56 Å². The molecule has 1 aromatic heterocycles. The molecule has 0 radical (unpaired) electrons. The molecule has 3 aromatic rings. The summed E-state index contributed by atoms with van der Waals surface area (Å²) in [6.07, 6.45) is 0.573. The lowest BCUT2D eigenvalue weighted by atomic mass is 10.1. The summed E-state index contributed by atoms with van der Waals surface area (Å²) in [5.74, 6) is 7.68. The van der Waals surface area contributed by atoms with Crippen LogP contribution in [0.25, 0.3) is 5.70 Å². The highest BCUT2D eigenvalue weighted by Gasteiger charge is 2.17. The molecule has 0 bridgehead atoms. The first-order chi connectivity index (χ1) is 16.8. The summed E-state index contributed by atoms with van der Waals surface area (Å²) in [5, 5.41) is 4.12. The summed E-state index contributed by atoms with van der Waals surface area (Å²) in [7, 11) is 0. The number of nitrogens with zero attached hydrogens (tertiary/aromatic N) is 3. The normalized spacial score (nSPS) is 14.5. The van der Waals surface area contributed by atoms with E-state index in [0.29, 0.717) is 29.2 Å². The lowest BCUT2D eigenvalue weighted by molar-refractivity contribution is 0.102. The second-order valence-corrected chi connectivity index (χ2v) is 10.1. The van der Waals surface area contributed by atoms with Crippen LogP contribution in [0.1, 0.15) is 38.4 Å². The van der Waals surface area contributed by atoms with Gasteiger partial charge in [-0.05, 0) is 48.4 Å². The lowest BCUT2D eigenvalue weighted by Crippen LogP contribution is -2.27. The van der Waals surface area contributed by atoms with Gasteiger partial charge < -0.3 is 11.1 Å². The fourth-order valence-corrected chi connectivity index (χ4v) is 5.26. The van der Waals surface area contributed by atoms with Crippen molar-refractivity contribution in [1.29, 1.82) is 0 Å². The number of aryl methyl sites for hydroxylation is 1. The van der Waals surface area contributed by atoms with Crippen molar-refractivity contribution in [2.24, 2.45) is 11.6 Å². The summed E-state index contributed by atoms with van der Waals surface area (Å²) in [4.78, 5) is 20.0. The van der Waals surface area contributed by atoms with Gasteiger partial charge in [0.2, 0.25) is 0 Å². The number of hydrazine groups is 1. The SMILES string of the molecule is Cc1ccc(C(=O)Nc2cc(CN3CCSC3)cc(C(F)F)c2)cc1N(N)/C=C(\N)c1cncs1. The molecule has 5 N–H and O–H groups in total. The average molecular weight is 517 g/mol. The highest BCUT2D eigenvalue weighted by Crippen LogP contribution is 2.27. The molecule has 0 aliphatic carbocycles. The topological polar surface area (TPSA) is 101 Å². The molecule has 2 heterocycles. The number of hydrogen-bond donors (Lipinski definition) is 3. The number of carbonyl (C=O) groups is 1. The molecule has 184 valence electrons. The molecule has 0 unspecified atom stereocenters. The van der Waals surface area contributed by atoms with E-state index in [9.17, 15) is 13.6 Å². The molecule has 1 aliphatic heterocycles. The van der Waals surface area contributed by atoms with Crippen molar-refractivity contribution in [2.45, 2.75) is 19.9 Å². The van der Waals surface area contributed by atoms with E-state index in [1.54, 1.807) is 42.2 Å². The Morgan fingerprint density at radius 2 is 2.14 bits per heavy atom. The van der Waals surface area contributed by atoms with Gasteiger partial charge in [0, 0.05) is 53.9 Å². The number of benzene rings is 2. The summed E-state index contributed by atoms with van der Waals surface area (Å²) >= 11 is 3.20. The predicted octanol–water partition coefficient (Wildman–Crippen LogP) is 4.79. The highest BCUT2D eigenvalue weighted by atomic mass is 32.2. The largest absolute Gasteiger partial charge is 0.396 e. The van der Waals surface area contributed by atoms with Crippen LogP contribution in [0.4, 0.5) is 20.2 Å². The van der Waals surface area contributed by atoms with Crippen LogP contribution in [0.2, 0.25) is 0 Å². The number of rotatable bonds is 8. The third-order valence-electron chi connectivity index (χ3n) is 5.50. The monoisotopic (exact) mass is 516 g/mol. The molecule has 1 aliphatic rings. The lowest BCUT2D eigenvalue weighted by Gasteiger charge is -2.19. The Kier molecular flexibility index (Phi) is 8.01. The molecule has 0 atom stereocenters. The minimum Gasteiger partial charge on any atom is -0.396 e. The number of carbonyl (C=O) groups excluding carboxylic acids is 1. The molecule has 4 rings (SSSR count). The molecule has 11 heteroatoms. The minimum atomic E-state index is -2.63. The van der Waals surface area contributed by atoms with Gasteiger partial charge in [0.05, 0.1) is 21.8 Å². The minimum absolute atomic E-state index is 0.119. The Bertz CT molecular complexity index is 1210. The molecule has 1 saturated heterocycles. The maximum atomic E-state index is 13.5. The standard InChI is InChI=1S/C24H26F2N6OS2/c1-15-2-3-17(9-21(15)32(28)12-20(27)22-10-29-13-35-22)24(33)30-19-7-16(6-18(8-19)23(25)26)11-31-4-5-34-14-31/h2-3,6-10,12-13,23H,4-5,11,14,27-28H2,1H3,(H,30,33)/b20-12-. The Morgan fingerprint density at radius 3 is 2.83 bits per heavy atom. The van der Waals surface area contributed by atoms with Gasteiger partial charge in [-0.15, -0.1) is 23.1 Å². The first-order valence-electron chi connectivity index (χ1n) is 10.8. The molecule has 0 saturated carbocycles. The number of amides is 1. The molecule has 1 fully saturated rings. The number of alkyl halides is 2. The number of aromatic nitrogens is 1. The van der Waals surface area contributed by atoms with Crippen molar-refractivity contribution in [1.82, 2.24) is 9.88 Å². The van der Waals surface area contributed by atoms with Gasteiger partial charge in [-0.2, -0.15) is 0 Å². The van der Waals surface area contributed by atoms with Gasteiger partial charge in [0.25, 0.3) is 12.3 Å². The Morgan fingerprint density at radius 1 is 1.31 bits per heavy atom. The molecule has 1 amide bonds. The number of thioether (sulfide) groups is 1. The van der Waals surface area contributed by atoms with E-state index in [0.717, 1.165) is 34.2 Å². The molecule has 7 nitrogen and oxygen atoms in total. The number of anilines is 2. The Labute approximate surface area is 210 Å². The number of hydrogen-bond acceptors (Lipinski definition) is 8. The molecular formula is C24H26F2N6OS2. The van der Waals surface area contributed by atoms with Crippen molar-refractivity contribution in [3.05, 3.63) is 81.4 Å². The zero-order valence-electron chi connectivity index (χ0n) is 19.1. The van der Waals surface area contributed by atoms with Crippen LogP contribution in [0.5, 0.6) is 0 Å². The maximum absolute atomic E-state index is 13.5. The van der Waals surface area contributed by atoms with E-state index in [4.69, 9.17) is 11.6 Å². The second kappa shape index (κ2) is 11.2. The first-order valence-corrected chi connectivity index (χ1v) is 12.9. The van der Waals surface area contributed by atoms with Gasteiger partial charge in [-0.3, -0.25) is 19.7 Å². The Balaban J connectivity index is 1.54. The number of nitrogens with two attached hydrogens (primary N) is 2. The van der Waals surface area contributed by atoms with Crippen LogP contribution < -0.4 is 21.9 Å². The summed E-state index contributed by atoms with van der Waals surface area (Å²) in [5.41, 5.74) is 10.9.